The molecule has 0 fully saturated rings. The fraction of sp³-hybridized carbons (Fsp3) is 0.167. The molecule has 3 nitrogen and oxygen atoms in total. The van der Waals surface area contributed by atoms with Crippen LogP contribution in [0.5, 0.6) is 0 Å². The van der Waals surface area contributed by atoms with Gasteiger partial charge in [-0.2, -0.15) is 4.39 Å². The van der Waals surface area contributed by atoms with E-state index in [-0.39, 0.29) is 5.69 Å². The maximum Gasteiger partial charge on any atom is 0.348 e. The second-order valence-corrected chi connectivity index (χ2v) is 2.04. The summed E-state index contributed by atoms with van der Waals surface area (Å²) in [7, 11) is 1.56. The second-order valence-electron chi connectivity index (χ2n) is 2.04. The summed E-state index contributed by atoms with van der Waals surface area (Å²) in [5, 5.41) is 0. The van der Waals surface area contributed by atoms with Gasteiger partial charge >= 0.3 is 6.04 Å². The van der Waals surface area contributed by atoms with Crippen LogP contribution in [-0.4, -0.2) is 10.6 Å². The van der Waals surface area contributed by atoms with E-state index in [2.05, 4.69) is 0 Å². The molecule has 0 aliphatic carbocycles. The number of carbonyl (C=O) groups excluding carboxylic acids is 1. The summed E-state index contributed by atoms with van der Waals surface area (Å²) in [6, 6.07) is -0.165. The summed E-state index contributed by atoms with van der Waals surface area (Å²) in [4.78, 5) is 10.1. The Morgan fingerprint density at radius 3 is 2.60 bits per heavy atom. The highest BCUT2D eigenvalue weighted by Crippen LogP contribution is 2.09. The van der Waals surface area contributed by atoms with E-state index in [9.17, 15) is 9.18 Å². The van der Waals surface area contributed by atoms with Gasteiger partial charge in [0.05, 0.1) is 5.69 Å². The van der Waals surface area contributed by atoms with Gasteiger partial charge in [0.15, 0.2) is 0 Å². The first kappa shape index (κ1) is 6.80. The molecule has 0 saturated heterocycles. The third-order valence-corrected chi connectivity index (χ3v) is 1.23. The van der Waals surface area contributed by atoms with Gasteiger partial charge in [0.25, 0.3) is 0 Å². The van der Waals surface area contributed by atoms with Gasteiger partial charge in [0.1, 0.15) is 5.69 Å². The van der Waals surface area contributed by atoms with Crippen LogP contribution in [0.4, 0.5) is 10.1 Å². The molecule has 54 valence electrons. The zero-order valence-electron chi connectivity index (χ0n) is 5.47. The molecule has 0 radical (unpaired) electrons. The number of rotatable bonds is 1. The lowest BCUT2D eigenvalue weighted by Gasteiger charge is -1.91. The van der Waals surface area contributed by atoms with Crippen LogP contribution in [-0.2, 0) is 7.05 Å². The molecule has 0 saturated carbocycles. The summed E-state index contributed by atoms with van der Waals surface area (Å²) in [5.41, 5.74) is 5.65. The van der Waals surface area contributed by atoms with E-state index in [1.165, 1.54) is 16.8 Å². The predicted octanol–water partition coefficient (Wildman–Crippen LogP) is 0.717. The number of nitrogens with two attached hydrogens (primary N) is 1. The van der Waals surface area contributed by atoms with Crippen molar-refractivity contribution in [2.24, 2.45) is 7.05 Å². The molecule has 4 heteroatoms. The minimum atomic E-state index is -1.46. The number of anilines is 1. The van der Waals surface area contributed by atoms with Crippen LogP contribution >= 0.6 is 0 Å². The van der Waals surface area contributed by atoms with Crippen LogP contribution in [0.25, 0.3) is 0 Å². The van der Waals surface area contributed by atoms with E-state index < -0.39 is 6.04 Å². The smallest absolute Gasteiger partial charge is 0.348 e. The van der Waals surface area contributed by atoms with Crippen LogP contribution < -0.4 is 5.73 Å². The Kier molecular flexibility index (Phi) is 1.45. The van der Waals surface area contributed by atoms with Crippen molar-refractivity contribution in [2.45, 2.75) is 0 Å². The van der Waals surface area contributed by atoms with Crippen LogP contribution in [0.3, 0.4) is 0 Å². The Hall–Kier alpha value is -1.32. The van der Waals surface area contributed by atoms with Crippen LogP contribution in [0.1, 0.15) is 10.5 Å². The number of carbonyl (C=O) groups is 1. The number of hydrogen-bond acceptors (Lipinski definition) is 2. The van der Waals surface area contributed by atoms with E-state index in [1.54, 1.807) is 7.05 Å². The van der Waals surface area contributed by atoms with Gasteiger partial charge in [-0.05, 0) is 6.07 Å². The molecule has 0 bridgehead atoms. The number of nitrogens with zero attached hydrogens (tertiary/aromatic N) is 1. The number of halogens is 1. The van der Waals surface area contributed by atoms with E-state index in [1.807, 2.05) is 0 Å². The van der Waals surface area contributed by atoms with Crippen molar-refractivity contribution in [3.8, 4) is 0 Å². The molecular formula is C6H7FN2O. The number of hydrogen-bond donors (Lipinski definition) is 1. The van der Waals surface area contributed by atoms with Gasteiger partial charge in [-0.3, -0.25) is 4.79 Å². The molecule has 0 amide bonds. The molecular weight excluding hydrogens is 135 g/mol. The third-order valence-electron chi connectivity index (χ3n) is 1.23. The zero-order valence-corrected chi connectivity index (χ0v) is 5.47. The summed E-state index contributed by atoms with van der Waals surface area (Å²) in [6.45, 7) is 0. The topological polar surface area (TPSA) is 48.0 Å². The molecule has 1 heterocycles. The van der Waals surface area contributed by atoms with Gasteiger partial charge in [0, 0.05) is 13.2 Å². The molecule has 0 aliphatic rings. The first-order valence-corrected chi connectivity index (χ1v) is 2.73. The normalized spacial score (nSPS) is 9.80. The molecule has 0 aliphatic heterocycles. The van der Waals surface area contributed by atoms with E-state index >= 15 is 0 Å². The number of aryl methyl sites for hydroxylation is 1. The molecule has 1 aromatic heterocycles. The summed E-state index contributed by atoms with van der Waals surface area (Å²) in [6.07, 6.45) is 1.48. The summed E-state index contributed by atoms with van der Waals surface area (Å²) >= 11 is 0. The Morgan fingerprint density at radius 2 is 2.40 bits per heavy atom. The molecule has 1 rings (SSSR count). The average Bonchev–Trinajstić information content (AvgIpc) is 2.10. The third kappa shape index (κ3) is 1.00. The Labute approximate surface area is 57.2 Å². The van der Waals surface area contributed by atoms with Gasteiger partial charge in [0.2, 0.25) is 0 Å². The Bertz CT molecular complexity index is 267. The van der Waals surface area contributed by atoms with Gasteiger partial charge in [-0.15, -0.1) is 0 Å². The fourth-order valence-electron chi connectivity index (χ4n) is 0.785. The van der Waals surface area contributed by atoms with E-state index in [0.717, 1.165) is 0 Å². The minimum Gasteiger partial charge on any atom is -0.397 e. The van der Waals surface area contributed by atoms with Gasteiger partial charge in [-0.25, -0.2) is 0 Å². The molecule has 0 spiro atoms. The first-order valence-electron chi connectivity index (χ1n) is 2.73. The molecule has 1 aromatic rings. The van der Waals surface area contributed by atoms with Crippen LogP contribution in [0.15, 0.2) is 12.3 Å². The lowest BCUT2D eigenvalue weighted by molar-refractivity contribution is 0.0826. The largest absolute Gasteiger partial charge is 0.397 e. The lowest BCUT2D eigenvalue weighted by Crippen LogP contribution is -1.98. The van der Waals surface area contributed by atoms with E-state index in [4.69, 9.17) is 5.73 Å². The number of nitrogen functional groups attached to an aromatic ring is 1. The summed E-state index contributed by atoms with van der Waals surface area (Å²) in [5.74, 6) is 0. The van der Waals surface area contributed by atoms with Crippen molar-refractivity contribution < 1.29 is 9.18 Å². The monoisotopic (exact) mass is 142 g/mol. The van der Waals surface area contributed by atoms with Crippen LogP contribution in [0.2, 0.25) is 0 Å². The van der Waals surface area contributed by atoms with Crippen molar-refractivity contribution in [3.05, 3.63) is 18.0 Å². The molecule has 10 heavy (non-hydrogen) atoms. The maximum atomic E-state index is 12.0. The molecule has 0 aromatic carbocycles. The van der Waals surface area contributed by atoms with Crippen LogP contribution in [0, 0.1) is 0 Å². The quantitative estimate of drug-likeness (QED) is 0.587. The van der Waals surface area contributed by atoms with Crippen molar-refractivity contribution in [1.82, 2.24) is 4.57 Å². The van der Waals surface area contributed by atoms with Crippen molar-refractivity contribution in [3.63, 3.8) is 0 Å². The Balaban J connectivity index is 3.15. The SMILES string of the molecule is Cn1cc(N)cc1C(=O)F. The Morgan fingerprint density at radius 1 is 1.80 bits per heavy atom. The highest BCUT2D eigenvalue weighted by atomic mass is 19.1. The zero-order chi connectivity index (χ0) is 7.72. The highest BCUT2D eigenvalue weighted by molar-refractivity contribution is 5.87. The van der Waals surface area contributed by atoms with Gasteiger partial charge in [-0.1, -0.05) is 0 Å². The van der Waals surface area contributed by atoms with Crippen molar-refractivity contribution in [1.29, 1.82) is 0 Å². The van der Waals surface area contributed by atoms with Gasteiger partial charge < -0.3 is 10.3 Å². The minimum absolute atomic E-state index is 0.0162. The molecule has 0 atom stereocenters. The number of aromatic nitrogens is 1. The highest BCUT2D eigenvalue weighted by Gasteiger charge is 2.07. The lowest BCUT2D eigenvalue weighted by atomic mass is 10.4. The molecule has 2 N–H and O–H groups in total. The molecule has 0 unspecified atom stereocenters. The maximum absolute atomic E-state index is 12.0. The average molecular weight is 142 g/mol. The summed E-state index contributed by atoms with van der Waals surface area (Å²) < 4.78 is 13.3. The van der Waals surface area contributed by atoms with Crippen molar-refractivity contribution in [2.75, 3.05) is 5.73 Å². The fourth-order valence-corrected chi connectivity index (χ4v) is 0.785. The predicted molar refractivity (Wildman–Crippen MR) is 35.3 cm³/mol. The first-order chi connectivity index (χ1) is 4.61. The van der Waals surface area contributed by atoms with E-state index in [0.29, 0.717) is 5.69 Å². The van der Waals surface area contributed by atoms with Crippen molar-refractivity contribution >= 4 is 11.7 Å². The second kappa shape index (κ2) is 2.13. The standard InChI is InChI=1S/C6H7FN2O/c1-9-3-4(8)2-5(9)6(7)10/h2-3H,8H2,1H3.